The second kappa shape index (κ2) is 5.35. The first-order valence-corrected chi connectivity index (χ1v) is 5.62. The molecule has 2 N–H and O–H groups in total. The summed E-state index contributed by atoms with van der Waals surface area (Å²) in [6, 6.07) is 5.47. The van der Waals surface area contributed by atoms with E-state index in [-0.39, 0.29) is 5.75 Å². The molecule has 0 aliphatic heterocycles. The molecule has 1 rings (SSSR count). The topological polar surface area (TPSA) is 64.2 Å². The van der Waals surface area contributed by atoms with Crippen LogP contribution in [-0.2, 0) is 0 Å². The maximum atomic E-state index is 9.93. The Kier molecular flexibility index (Phi) is 4.36. The van der Waals surface area contributed by atoms with Gasteiger partial charge in [-0.1, -0.05) is 0 Å². The first kappa shape index (κ1) is 13.0. The molecule has 0 bridgehead atoms. The van der Waals surface area contributed by atoms with E-state index in [0.29, 0.717) is 11.1 Å². The van der Waals surface area contributed by atoms with Gasteiger partial charge in [0.25, 0.3) is 0 Å². The van der Waals surface area contributed by atoms with Crippen LogP contribution in [0.1, 0.15) is 28.4 Å². The molecule has 3 nitrogen and oxygen atoms in total. The number of aliphatic hydroxyl groups is 2. The lowest BCUT2D eigenvalue weighted by atomic mass is 9.93. The molecule has 86 valence electrons. The zero-order valence-electron chi connectivity index (χ0n) is 9.31. The van der Waals surface area contributed by atoms with Crippen LogP contribution >= 0.6 is 12.6 Å². The lowest BCUT2D eigenvalue weighted by molar-refractivity contribution is 0.0329. The van der Waals surface area contributed by atoms with Gasteiger partial charge in [-0.15, -0.1) is 0 Å². The molecule has 0 saturated heterocycles. The van der Waals surface area contributed by atoms with Crippen molar-refractivity contribution < 1.29 is 10.2 Å². The number of benzene rings is 1. The van der Waals surface area contributed by atoms with Gasteiger partial charge in [-0.25, -0.2) is 0 Å². The number of aliphatic hydroxyl groups excluding tert-OH is 2. The van der Waals surface area contributed by atoms with Crippen molar-refractivity contribution in [2.45, 2.75) is 26.1 Å². The summed E-state index contributed by atoms with van der Waals surface area (Å²) in [5, 5.41) is 28.3. The van der Waals surface area contributed by atoms with Gasteiger partial charge in [-0.05, 0) is 42.7 Å². The highest BCUT2D eigenvalue weighted by Gasteiger charge is 2.21. The summed E-state index contributed by atoms with van der Waals surface area (Å²) in [7, 11) is 0. The summed E-state index contributed by atoms with van der Waals surface area (Å²) in [6.07, 6.45) is -1.85. The third-order valence-electron chi connectivity index (χ3n) is 2.57. The predicted octanol–water partition coefficient (Wildman–Crippen LogP) is 1.50. The molecular formula is C12H15NO2S. The minimum absolute atomic E-state index is 0.194. The van der Waals surface area contributed by atoms with Crippen LogP contribution in [0.15, 0.2) is 12.1 Å². The van der Waals surface area contributed by atoms with Crippen LogP contribution in [0.4, 0.5) is 0 Å². The molecule has 0 radical (unpaired) electrons. The molecule has 0 heterocycles. The number of rotatable bonds is 3. The molecule has 0 aromatic heterocycles. The monoisotopic (exact) mass is 237 g/mol. The van der Waals surface area contributed by atoms with Crippen LogP contribution in [0.25, 0.3) is 0 Å². The van der Waals surface area contributed by atoms with E-state index in [4.69, 9.17) is 5.26 Å². The summed E-state index contributed by atoms with van der Waals surface area (Å²) in [4.78, 5) is 0. The minimum atomic E-state index is -0.953. The highest BCUT2D eigenvalue weighted by Crippen LogP contribution is 2.26. The Morgan fingerprint density at radius 2 is 1.81 bits per heavy atom. The van der Waals surface area contributed by atoms with Gasteiger partial charge in [0.05, 0.1) is 17.7 Å². The average Bonchev–Trinajstić information content (AvgIpc) is 2.26. The number of nitrogens with zero attached hydrogens (tertiary/aromatic N) is 1. The third kappa shape index (κ3) is 2.56. The predicted molar refractivity (Wildman–Crippen MR) is 65.5 cm³/mol. The number of thiol groups is 1. The number of aryl methyl sites for hydroxylation is 2. The van der Waals surface area contributed by atoms with Crippen molar-refractivity contribution in [1.29, 1.82) is 5.26 Å². The molecule has 0 aliphatic rings. The van der Waals surface area contributed by atoms with E-state index in [2.05, 4.69) is 18.7 Å². The fraction of sp³-hybridized carbons (Fsp3) is 0.417. The third-order valence-corrected chi connectivity index (χ3v) is 2.94. The van der Waals surface area contributed by atoms with E-state index >= 15 is 0 Å². The first-order chi connectivity index (χ1) is 7.51. The van der Waals surface area contributed by atoms with Crippen molar-refractivity contribution in [3.8, 4) is 6.07 Å². The first-order valence-electron chi connectivity index (χ1n) is 4.99. The molecule has 0 saturated carbocycles. The quantitative estimate of drug-likeness (QED) is 0.698. The van der Waals surface area contributed by atoms with Gasteiger partial charge in [-0.3, -0.25) is 0 Å². The van der Waals surface area contributed by atoms with Crippen LogP contribution < -0.4 is 0 Å². The number of nitriles is 1. The maximum Gasteiger partial charge on any atom is 0.106 e. The van der Waals surface area contributed by atoms with Crippen molar-refractivity contribution in [3.05, 3.63) is 34.4 Å². The van der Waals surface area contributed by atoms with E-state index < -0.39 is 12.2 Å². The Morgan fingerprint density at radius 1 is 1.31 bits per heavy atom. The molecule has 0 aliphatic carbocycles. The molecule has 1 aromatic rings. The number of hydrogen-bond donors (Lipinski definition) is 3. The van der Waals surface area contributed by atoms with Crippen molar-refractivity contribution in [3.63, 3.8) is 0 Å². The highest BCUT2D eigenvalue weighted by atomic mass is 32.1. The molecule has 1 aromatic carbocycles. The zero-order chi connectivity index (χ0) is 12.3. The normalized spacial score (nSPS) is 14.2. The van der Waals surface area contributed by atoms with Crippen LogP contribution in [0.2, 0.25) is 0 Å². The van der Waals surface area contributed by atoms with Crippen LogP contribution in [0, 0.1) is 25.2 Å². The van der Waals surface area contributed by atoms with Gasteiger partial charge in [0.2, 0.25) is 0 Å². The molecule has 2 atom stereocenters. The number of hydrogen-bond acceptors (Lipinski definition) is 4. The van der Waals surface area contributed by atoms with E-state index in [9.17, 15) is 10.2 Å². The Labute approximate surface area is 101 Å². The van der Waals surface area contributed by atoms with Crippen LogP contribution in [0.3, 0.4) is 0 Å². The van der Waals surface area contributed by atoms with E-state index in [1.165, 1.54) is 0 Å². The van der Waals surface area contributed by atoms with Gasteiger partial charge < -0.3 is 10.2 Å². The highest BCUT2D eigenvalue weighted by molar-refractivity contribution is 7.80. The average molecular weight is 237 g/mol. The summed E-state index contributed by atoms with van der Waals surface area (Å²) >= 11 is 3.95. The summed E-state index contributed by atoms with van der Waals surface area (Å²) < 4.78 is 0. The fourth-order valence-corrected chi connectivity index (χ4v) is 2.00. The van der Waals surface area contributed by atoms with Gasteiger partial charge in [0.15, 0.2) is 0 Å². The minimum Gasteiger partial charge on any atom is -0.389 e. The Balaban J connectivity index is 3.20. The van der Waals surface area contributed by atoms with E-state index in [1.54, 1.807) is 12.1 Å². The zero-order valence-corrected chi connectivity index (χ0v) is 10.2. The molecule has 16 heavy (non-hydrogen) atoms. The maximum absolute atomic E-state index is 9.93. The van der Waals surface area contributed by atoms with Gasteiger partial charge >= 0.3 is 0 Å². The molecule has 4 heteroatoms. The summed E-state index contributed by atoms with van der Waals surface area (Å²) in [5.74, 6) is 0.194. The summed E-state index contributed by atoms with van der Waals surface area (Å²) in [5.41, 5.74) is 2.86. The Bertz CT molecular complexity index is 403. The fourth-order valence-electron chi connectivity index (χ4n) is 1.80. The van der Waals surface area contributed by atoms with E-state index in [1.807, 2.05) is 13.8 Å². The Morgan fingerprint density at radius 3 is 2.19 bits per heavy atom. The smallest absolute Gasteiger partial charge is 0.106 e. The molecule has 2 unspecified atom stereocenters. The lowest BCUT2D eigenvalue weighted by Crippen LogP contribution is -2.21. The molecule has 0 amide bonds. The van der Waals surface area contributed by atoms with Crippen LogP contribution in [0.5, 0.6) is 0 Å². The second-order valence-electron chi connectivity index (χ2n) is 3.83. The van der Waals surface area contributed by atoms with Gasteiger partial charge in [0, 0.05) is 5.75 Å². The van der Waals surface area contributed by atoms with Crippen LogP contribution in [-0.4, -0.2) is 22.1 Å². The molecule has 0 fully saturated rings. The SMILES string of the molecule is Cc1cc(C#N)cc(C)c1C(O)C(O)CS. The van der Waals surface area contributed by atoms with Crippen molar-refractivity contribution in [2.75, 3.05) is 5.75 Å². The van der Waals surface area contributed by atoms with Crippen molar-refractivity contribution in [1.82, 2.24) is 0 Å². The summed E-state index contributed by atoms with van der Waals surface area (Å²) in [6.45, 7) is 3.63. The standard InChI is InChI=1S/C12H15NO2S/c1-7-3-9(5-13)4-8(2)11(7)12(15)10(14)6-16/h3-4,10,12,14-16H,6H2,1-2H3. The van der Waals surface area contributed by atoms with Gasteiger partial charge in [0.1, 0.15) is 6.10 Å². The molecule has 0 spiro atoms. The molecular weight excluding hydrogens is 222 g/mol. The second-order valence-corrected chi connectivity index (χ2v) is 4.20. The van der Waals surface area contributed by atoms with Crippen molar-refractivity contribution >= 4 is 12.6 Å². The van der Waals surface area contributed by atoms with Crippen molar-refractivity contribution in [2.24, 2.45) is 0 Å². The lowest BCUT2D eigenvalue weighted by Gasteiger charge is -2.20. The van der Waals surface area contributed by atoms with Gasteiger partial charge in [-0.2, -0.15) is 17.9 Å². The largest absolute Gasteiger partial charge is 0.389 e. The van der Waals surface area contributed by atoms with E-state index in [0.717, 1.165) is 11.1 Å². The Hall–Kier alpha value is -1.02.